The van der Waals surface area contributed by atoms with Gasteiger partial charge >= 0.3 is 0 Å². The van der Waals surface area contributed by atoms with Crippen molar-refractivity contribution >= 4 is 44.0 Å². The summed E-state index contributed by atoms with van der Waals surface area (Å²) < 4.78 is 0.833. The number of halogens is 1. The number of anilines is 2. The van der Waals surface area contributed by atoms with E-state index in [4.69, 9.17) is 5.73 Å². The van der Waals surface area contributed by atoms with Crippen molar-refractivity contribution in [1.82, 2.24) is 4.98 Å². The number of pyridine rings is 1. The van der Waals surface area contributed by atoms with Gasteiger partial charge < -0.3 is 11.1 Å². The van der Waals surface area contributed by atoms with Gasteiger partial charge in [-0.25, -0.2) is 0 Å². The van der Waals surface area contributed by atoms with Gasteiger partial charge in [-0.05, 0) is 74.2 Å². The summed E-state index contributed by atoms with van der Waals surface area (Å²) in [6.07, 6.45) is 4.04. The fourth-order valence-electron chi connectivity index (χ4n) is 3.22. The molecule has 0 atom stereocenters. The van der Waals surface area contributed by atoms with Crippen LogP contribution in [-0.4, -0.2) is 10.9 Å². The van der Waals surface area contributed by atoms with Crippen molar-refractivity contribution in [3.8, 4) is 0 Å². The van der Waals surface area contributed by atoms with E-state index in [9.17, 15) is 4.79 Å². The number of fused-ring (bicyclic) bond motifs is 1. The molecule has 0 bridgehead atoms. The predicted molar refractivity (Wildman–Crippen MR) is 117 cm³/mol. The highest BCUT2D eigenvalue weighted by atomic mass is 79.9. The molecule has 0 radical (unpaired) electrons. The van der Waals surface area contributed by atoms with Crippen LogP contribution >= 0.6 is 15.9 Å². The van der Waals surface area contributed by atoms with Gasteiger partial charge in [0.1, 0.15) is 0 Å². The number of hydrogen-bond donors (Lipinski definition) is 2. The third-order valence-corrected chi connectivity index (χ3v) is 5.33. The lowest BCUT2D eigenvalue weighted by atomic mass is 9.98. The van der Waals surface area contributed by atoms with Crippen LogP contribution < -0.4 is 11.1 Å². The molecule has 1 aromatic heterocycles. The number of benzene rings is 3. The number of nitrogen functional groups attached to an aromatic ring is 1. The van der Waals surface area contributed by atoms with Gasteiger partial charge in [-0.1, -0.05) is 30.3 Å². The Labute approximate surface area is 171 Å². The first-order valence-corrected chi connectivity index (χ1v) is 9.67. The molecule has 3 N–H and O–H groups in total. The van der Waals surface area contributed by atoms with Crippen molar-refractivity contribution in [2.75, 3.05) is 11.1 Å². The van der Waals surface area contributed by atoms with Crippen LogP contribution in [0, 0.1) is 0 Å². The van der Waals surface area contributed by atoms with E-state index in [0.717, 1.165) is 32.1 Å². The van der Waals surface area contributed by atoms with Gasteiger partial charge in [0.2, 0.25) is 0 Å². The minimum atomic E-state index is -0.188. The fraction of sp³-hybridized carbons (Fsp3) is 0.0435. The van der Waals surface area contributed by atoms with Gasteiger partial charge in [-0.3, -0.25) is 9.78 Å². The number of nitrogens with one attached hydrogen (secondary N) is 1. The van der Waals surface area contributed by atoms with E-state index in [-0.39, 0.29) is 5.91 Å². The normalized spacial score (nSPS) is 10.8. The van der Waals surface area contributed by atoms with Crippen LogP contribution in [0.1, 0.15) is 21.5 Å². The number of carbonyl (C=O) groups is 1. The highest BCUT2D eigenvalue weighted by Gasteiger charge is 2.16. The zero-order chi connectivity index (χ0) is 19.5. The van der Waals surface area contributed by atoms with Crippen LogP contribution in [0.5, 0.6) is 0 Å². The third-order valence-electron chi connectivity index (χ3n) is 4.67. The van der Waals surface area contributed by atoms with Crippen molar-refractivity contribution in [2.24, 2.45) is 0 Å². The van der Waals surface area contributed by atoms with Crippen molar-refractivity contribution in [2.45, 2.75) is 6.42 Å². The summed E-state index contributed by atoms with van der Waals surface area (Å²) in [5.41, 5.74) is 9.95. The maximum atomic E-state index is 13.1. The Balaban J connectivity index is 1.67. The molecule has 1 amide bonds. The average Bonchev–Trinajstić information content (AvgIpc) is 2.71. The molecular weight excluding hydrogens is 414 g/mol. The van der Waals surface area contributed by atoms with Crippen LogP contribution in [0.4, 0.5) is 11.4 Å². The monoisotopic (exact) mass is 431 g/mol. The molecule has 0 spiro atoms. The summed E-state index contributed by atoms with van der Waals surface area (Å²) in [4.78, 5) is 17.1. The summed E-state index contributed by atoms with van der Waals surface area (Å²) in [5.74, 6) is -0.188. The SMILES string of the molecule is Nc1cccc(C(=O)Nc2cc3ccccc3cc2Br)c1Cc1ccncc1. The summed E-state index contributed by atoms with van der Waals surface area (Å²) in [7, 11) is 0. The quantitative estimate of drug-likeness (QED) is 0.423. The van der Waals surface area contributed by atoms with Gasteiger partial charge in [0.05, 0.1) is 5.69 Å². The molecular formula is C23H18BrN3O. The molecule has 0 aliphatic carbocycles. The van der Waals surface area contributed by atoms with E-state index >= 15 is 0 Å². The molecule has 5 heteroatoms. The molecule has 0 unspecified atom stereocenters. The highest BCUT2D eigenvalue weighted by Crippen LogP contribution is 2.30. The lowest BCUT2D eigenvalue weighted by molar-refractivity contribution is 0.102. The second-order valence-electron chi connectivity index (χ2n) is 6.54. The Hall–Kier alpha value is -3.18. The van der Waals surface area contributed by atoms with Crippen LogP contribution in [0.25, 0.3) is 10.8 Å². The Bertz CT molecular complexity index is 1160. The molecule has 0 fully saturated rings. The second-order valence-corrected chi connectivity index (χ2v) is 7.39. The zero-order valence-corrected chi connectivity index (χ0v) is 16.6. The zero-order valence-electron chi connectivity index (χ0n) is 15.0. The standard InChI is InChI=1S/C23H18BrN3O/c24-20-13-16-4-1-2-5-17(16)14-22(20)27-23(28)18-6-3-7-21(25)19(18)12-15-8-10-26-11-9-15/h1-11,13-14H,12,25H2,(H,27,28). The summed E-state index contributed by atoms with van der Waals surface area (Å²) in [6, 6.07) is 21.3. The molecule has 4 nitrogen and oxygen atoms in total. The number of aromatic nitrogens is 1. The first kappa shape index (κ1) is 18.2. The van der Waals surface area contributed by atoms with Crippen LogP contribution in [0.2, 0.25) is 0 Å². The van der Waals surface area contributed by atoms with E-state index < -0.39 is 0 Å². The maximum Gasteiger partial charge on any atom is 0.256 e. The van der Waals surface area contributed by atoms with Crippen molar-refractivity contribution in [3.63, 3.8) is 0 Å². The van der Waals surface area contributed by atoms with Crippen LogP contribution in [0.15, 0.2) is 83.6 Å². The first-order chi connectivity index (χ1) is 13.6. The van der Waals surface area contributed by atoms with Crippen LogP contribution in [-0.2, 0) is 6.42 Å². The molecule has 0 saturated heterocycles. The number of rotatable bonds is 4. The highest BCUT2D eigenvalue weighted by molar-refractivity contribution is 9.10. The summed E-state index contributed by atoms with van der Waals surface area (Å²) in [5, 5.41) is 5.19. The second kappa shape index (κ2) is 7.82. The molecule has 1 heterocycles. The van der Waals surface area contributed by atoms with Gasteiger partial charge in [-0.2, -0.15) is 0 Å². The summed E-state index contributed by atoms with van der Waals surface area (Å²) >= 11 is 3.56. The minimum Gasteiger partial charge on any atom is -0.398 e. The molecule has 28 heavy (non-hydrogen) atoms. The topological polar surface area (TPSA) is 68.0 Å². The fourth-order valence-corrected chi connectivity index (χ4v) is 3.68. The lowest BCUT2D eigenvalue weighted by Gasteiger charge is -2.14. The molecule has 0 aliphatic rings. The lowest BCUT2D eigenvalue weighted by Crippen LogP contribution is -2.16. The summed E-state index contributed by atoms with van der Waals surface area (Å²) in [6.45, 7) is 0. The van der Waals surface area contributed by atoms with Gasteiger partial charge in [0, 0.05) is 34.5 Å². The van der Waals surface area contributed by atoms with E-state index in [1.807, 2.05) is 54.6 Å². The molecule has 4 rings (SSSR count). The van der Waals surface area contributed by atoms with E-state index in [1.54, 1.807) is 24.5 Å². The molecule has 4 aromatic rings. The maximum absolute atomic E-state index is 13.1. The Kier molecular flexibility index (Phi) is 5.08. The average molecular weight is 432 g/mol. The Morgan fingerprint density at radius 1 is 0.964 bits per heavy atom. The number of hydrogen-bond acceptors (Lipinski definition) is 3. The Morgan fingerprint density at radius 2 is 1.68 bits per heavy atom. The van der Waals surface area contributed by atoms with E-state index in [1.165, 1.54) is 0 Å². The number of nitrogens with zero attached hydrogens (tertiary/aromatic N) is 1. The van der Waals surface area contributed by atoms with Gasteiger partial charge in [0.25, 0.3) is 5.91 Å². The van der Waals surface area contributed by atoms with Gasteiger partial charge in [-0.15, -0.1) is 0 Å². The van der Waals surface area contributed by atoms with Crippen LogP contribution in [0.3, 0.4) is 0 Å². The number of carbonyl (C=O) groups excluding carboxylic acids is 1. The molecule has 0 aliphatic heterocycles. The predicted octanol–water partition coefficient (Wildman–Crippen LogP) is 5.42. The van der Waals surface area contributed by atoms with Crippen molar-refractivity contribution in [3.05, 3.63) is 100 Å². The van der Waals surface area contributed by atoms with E-state index in [0.29, 0.717) is 17.7 Å². The number of nitrogens with two attached hydrogens (primary N) is 1. The smallest absolute Gasteiger partial charge is 0.256 e. The Morgan fingerprint density at radius 3 is 2.43 bits per heavy atom. The molecule has 0 saturated carbocycles. The van der Waals surface area contributed by atoms with Crippen molar-refractivity contribution < 1.29 is 4.79 Å². The molecule has 138 valence electrons. The molecule has 3 aromatic carbocycles. The number of amides is 1. The van der Waals surface area contributed by atoms with E-state index in [2.05, 4.69) is 26.2 Å². The largest absolute Gasteiger partial charge is 0.398 e. The first-order valence-electron chi connectivity index (χ1n) is 8.88. The van der Waals surface area contributed by atoms with Gasteiger partial charge in [0.15, 0.2) is 0 Å². The van der Waals surface area contributed by atoms with Crippen molar-refractivity contribution in [1.29, 1.82) is 0 Å². The third kappa shape index (κ3) is 3.75. The minimum absolute atomic E-state index is 0.188.